The van der Waals surface area contributed by atoms with Crippen molar-refractivity contribution in [1.29, 1.82) is 0 Å². The summed E-state index contributed by atoms with van der Waals surface area (Å²) in [4.78, 5) is 46.5. The van der Waals surface area contributed by atoms with Crippen molar-refractivity contribution in [2.45, 2.75) is 51.6 Å². The van der Waals surface area contributed by atoms with Gasteiger partial charge in [-0.15, -0.1) is 0 Å². The summed E-state index contributed by atoms with van der Waals surface area (Å²) < 4.78 is 11.0. The van der Waals surface area contributed by atoms with Gasteiger partial charge in [0.25, 0.3) is 11.8 Å². The number of ether oxygens (including phenoxy) is 2. The summed E-state index contributed by atoms with van der Waals surface area (Å²) >= 11 is 0. The number of carbonyl (C=O) groups excluding carboxylic acids is 3. The van der Waals surface area contributed by atoms with Crippen molar-refractivity contribution in [2.24, 2.45) is 0 Å². The van der Waals surface area contributed by atoms with Crippen molar-refractivity contribution < 1.29 is 23.9 Å². The number of benzene rings is 3. The van der Waals surface area contributed by atoms with Gasteiger partial charge in [0, 0.05) is 45.2 Å². The van der Waals surface area contributed by atoms with Crippen LogP contribution in [0.3, 0.4) is 0 Å². The molecule has 0 spiro atoms. The standard InChI is InChI=1S/C36H44N4O5/c1-5-11-33(41)37-19-10-16-29(27-17-18-31(44-3)32(24-27)45-4)40-35(42)28-14-9-15-30(34(28)36(40)43)39-22-20-38(21-23-39)25(2)26-12-7-6-8-13-26/h6-9,12-15,17-18,24-25,29H,5,10-11,16,19-23H2,1-4H3,(H,37,41). The molecule has 1 N–H and O–H groups in total. The highest BCUT2D eigenvalue weighted by molar-refractivity contribution is 6.24. The zero-order valence-corrected chi connectivity index (χ0v) is 26.8. The van der Waals surface area contributed by atoms with Crippen molar-refractivity contribution >= 4 is 23.4 Å². The molecule has 0 radical (unpaired) electrons. The average Bonchev–Trinajstić information content (AvgIpc) is 3.33. The zero-order valence-electron chi connectivity index (χ0n) is 26.8. The minimum Gasteiger partial charge on any atom is -0.493 e. The number of methoxy groups -OCH3 is 2. The van der Waals surface area contributed by atoms with Gasteiger partial charge in [-0.1, -0.05) is 49.4 Å². The van der Waals surface area contributed by atoms with Gasteiger partial charge in [0.15, 0.2) is 11.5 Å². The van der Waals surface area contributed by atoms with Gasteiger partial charge in [0.1, 0.15) is 0 Å². The van der Waals surface area contributed by atoms with E-state index in [2.05, 4.69) is 46.3 Å². The molecule has 45 heavy (non-hydrogen) atoms. The van der Waals surface area contributed by atoms with E-state index in [9.17, 15) is 14.4 Å². The van der Waals surface area contributed by atoms with Gasteiger partial charge >= 0.3 is 0 Å². The van der Waals surface area contributed by atoms with Gasteiger partial charge in [-0.25, -0.2) is 0 Å². The summed E-state index contributed by atoms with van der Waals surface area (Å²) in [5, 5.41) is 2.95. The first-order valence-electron chi connectivity index (χ1n) is 15.9. The molecule has 9 nitrogen and oxygen atoms in total. The van der Waals surface area contributed by atoms with Crippen LogP contribution in [-0.2, 0) is 4.79 Å². The molecule has 1 saturated heterocycles. The van der Waals surface area contributed by atoms with Crippen LogP contribution in [-0.4, -0.2) is 74.5 Å². The third-order valence-electron chi connectivity index (χ3n) is 8.97. The largest absolute Gasteiger partial charge is 0.493 e. The molecule has 5 rings (SSSR count). The maximum absolute atomic E-state index is 14.3. The number of rotatable bonds is 13. The Morgan fingerprint density at radius 1 is 0.867 bits per heavy atom. The van der Waals surface area contributed by atoms with Crippen molar-refractivity contribution in [3.05, 3.63) is 89.0 Å². The predicted molar refractivity (Wildman–Crippen MR) is 175 cm³/mol. The van der Waals surface area contributed by atoms with Crippen molar-refractivity contribution in [3.8, 4) is 11.5 Å². The molecule has 0 aliphatic carbocycles. The van der Waals surface area contributed by atoms with Crippen LogP contribution in [0.15, 0.2) is 66.7 Å². The Bertz CT molecular complexity index is 1500. The van der Waals surface area contributed by atoms with Crippen LogP contribution in [0.5, 0.6) is 11.5 Å². The van der Waals surface area contributed by atoms with Crippen molar-refractivity contribution in [1.82, 2.24) is 15.1 Å². The van der Waals surface area contributed by atoms with E-state index in [4.69, 9.17) is 9.47 Å². The Balaban J connectivity index is 1.38. The topological polar surface area (TPSA) is 91.4 Å². The van der Waals surface area contributed by atoms with Gasteiger partial charge in [-0.2, -0.15) is 0 Å². The van der Waals surface area contributed by atoms with Gasteiger partial charge < -0.3 is 19.7 Å². The maximum Gasteiger partial charge on any atom is 0.264 e. The molecule has 0 aromatic heterocycles. The second-order valence-corrected chi connectivity index (χ2v) is 11.7. The van der Waals surface area contributed by atoms with E-state index in [1.807, 2.05) is 37.3 Å². The number of piperazine rings is 1. The fraction of sp³-hybridized carbons (Fsp3) is 0.417. The van der Waals surface area contributed by atoms with E-state index >= 15 is 0 Å². The summed E-state index contributed by atoms with van der Waals surface area (Å²) in [6.07, 6.45) is 2.33. The molecule has 2 aliphatic heterocycles. The lowest BCUT2D eigenvalue weighted by Gasteiger charge is -2.39. The number of carbonyl (C=O) groups is 3. The van der Waals surface area contributed by atoms with E-state index in [0.717, 1.165) is 43.9 Å². The summed E-state index contributed by atoms with van der Waals surface area (Å²) in [5.41, 5.74) is 3.76. The fourth-order valence-corrected chi connectivity index (χ4v) is 6.47. The molecule has 9 heteroatoms. The maximum atomic E-state index is 14.3. The summed E-state index contributed by atoms with van der Waals surface area (Å²) in [5.74, 6) is 0.501. The van der Waals surface area contributed by atoms with Crippen molar-refractivity contribution in [3.63, 3.8) is 0 Å². The smallest absolute Gasteiger partial charge is 0.264 e. The van der Waals surface area contributed by atoms with Crippen LogP contribution >= 0.6 is 0 Å². The van der Waals surface area contributed by atoms with E-state index in [1.165, 1.54) is 10.5 Å². The highest BCUT2D eigenvalue weighted by Gasteiger charge is 2.43. The Kier molecular flexibility index (Phi) is 10.4. The molecule has 2 unspecified atom stereocenters. The Labute approximate surface area is 266 Å². The molecule has 1 fully saturated rings. The van der Waals surface area contributed by atoms with Gasteiger partial charge in [0.2, 0.25) is 5.91 Å². The normalized spacial score (nSPS) is 16.4. The van der Waals surface area contributed by atoms with Crippen LogP contribution < -0.4 is 19.7 Å². The first-order chi connectivity index (χ1) is 21.9. The number of imide groups is 1. The second kappa shape index (κ2) is 14.6. The molecule has 2 heterocycles. The first kappa shape index (κ1) is 32.0. The summed E-state index contributed by atoms with van der Waals surface area (Å²) in [6, 6.07) is 21.3. The molecule has 3 aromatic carbocycles. The third kappa shape index (κ3) is 6.83. The molecule has 2 aliphatic rings. The second-order valence-electron chi connectivity index (χ2n) is 11.7. The quantitative estimate of drug-likeness (QED) is 0.198. The number of nitrogens with zero attached hydrogens (tertiary/aromatic N) is 3. The highest BCUT2D eigenvalue weighted by atomic mass is 16.5. The van der Waals surface area contributed by atoms with E-state index in [0.29, 0.717) is 54.5 Å². The zero-order chi connectivity index (χ0) is 31.9. The number of nitrogens with one attached hydrogen (secondary N) is 1. The monoisotopic (exact) mass is 612 g/mol. The van der Waals surface area contributed by atoms with Crippen molar-refractivity contribution in [2.75, 3.05) is 51.8 Å². The fourth-order valence-electron chi connectivity index (χ4n) is 6.47. The number of amides is 3. The first-order valence-corrected chi connectivity index (χ1v) is 15.9. The Morgan fingerprint density at radius 2 is 1.60 bits per heavy atom. The number of hydrogen-bond donors (Lipinski definition) is 1. The van der Waals surface area contributed by atoms with Crippen LogP contribution in [0.2, 0.25) is 0 Å². The lowest BCUT2D eigenvalue weighted by molar-refractivity contribution is -0.121. The average molecular weight is 613 g/mol. The molecule has 2 atom stereocenters. The van der Waals surface area contributed by atoms with E-state index < -0.39 is 6.04 Å². The highest BCUT2D eigenvalue weighted by Crippen LogP contribution is 2.40. The van der Waals surface area contributed by atoms with Gasteiger partial charge in [-0.05, 0) is 61.6 Å². The Morgan fingerprint density at radius 3 is 2.29 bits per heavy atom. The lowest BCUT2D eigenvalue weighted by Crippen LogP contribution is -2.47. The molecule has 0 saturated carbocycles. The number of fused-ring (bicyclic) bond motifs is 1. The molecule has 0 bridgehead atoms. The van der Waals surface area contributed by atoms with Crippen LogP contribution in [0.4, 0.5) is 5.69 Å². The molecular weight excluding hydrogens is 568 g/mol. The van der Waals surface area contributed by atoms with E-state index in [1.54, 1.807) is 26.4 Å². The molecule has 3 amide bonds. The number of anilines is 1. The summed E-state index contributed by atoms with van der Waals surface area (Å²) in [7, 11) is 3.14. The minimum atomic E-state index is -0.545. The Hall–Kier alpha value is -4.37. The minimum absolute atomic E-state index is 0.00352. The van der Waals surface area contributed by atoms with Gasteiger partial charge in [0.05, 0.1) is 37.1 Å². The third-order valence-corrected chi connectivity index (χ3v) is 8.97. The van der Waals surface area contributed by atoms with E-state index in [-0.39, 0.29) is 17.7 Å². The van der Waals surface area contributed by atoms with Gasteiger partial charge in [-0.3, -0.25) is 24.2 Å². The van der Waals surface area contributed by atoms with Crippen LogP contribution in [0, 0.1) is 0 Å². The molecule has 238 valence electrons. The summed E-state index contributed by atoms with van der Waals surface area (Å²) in [6.45, 7) is 7.87. The number of hydrogen-bond acceptors (Lipinski definition) is 7. The molecular formula is C36H44N4O5. The SMILES string of the molecule is CCCC(=O)NCCCC(c1ccc(OC)c(OC)c1)N1C(=O)c2cccc(N3CCN(C(C)c4ccccc4)CC3)c2C1=O. The lowest BCUT2D eigenvalue weighted by atomic mass is 9.99. The van der Waals surface area contributed by atoms with Crippen LogP contribution in [0.25, 0.3) is 0 Å². The predicted octanol–water partition coefficient (Wildman–Crippen LogP) is 5.62. The molecule has 3 aromatic rings. The van der Waals surface area contributed by atoms with Crippen LogP contribution in [0.1, 0.15) is 83.5 Å².